The van der Waals surface area contributed by atoms with E-state index in [0.29, 0.717) is 12.2 Å². The minimum absolute atomic E-state index is 0.131. The number of nitrogens with one attached hydrogen (secondary N) is 1. The third-order valence-corrected chi connectivity index (χ3v) is 2.09. The third kappa shape index (κ3) is 3.32. The first-order valence-electron chi connectivity index (χ1n) is 4.71. The largest absolute Gasteiger partial charge is 0.478 e. The van der Waals surface area contributed by atoms with Gasteiger partial charge in [0.25, 0.3) is 0 Å². The number of pyridine rings is 1. The quantitative estimate of drug-likeness (QED) is 0.638. The summed E-state index contributed by atoms with van der Waals surface area (Å²) in [6.45, 7) is 2.01. The molecule has 0 aliphatic rings. The van der Waals surface area contributed by atoms with Gasteiger partial charge in [0.1, 0.15) is 0 Å². The van der Waals surface area contributed by atoms with E-state index in [-0.39, 0.29) is 5.56 Å². The highest BCUT2D eigenvalue weighted by atomic mass is 16.4. The Kier molecular flexibility index (Phi) is 3.96. The molecule has 0 saturated carbocycles. The summed E-state index contributed by atoms with van der Waals surface area (Å²) in [6.07, 6.45) is 1.27. The van der Waals surface area contributed by atoms with E-state index in [1.54, 1.807) is 13.0 Å². The molecule has 1 unspecified atom stereocenters. The first kappa shape index (κ1) is 12.1. The number of nitrogens with two attached hydrogens (primary N) is 1. The Balaban J connectivity index is 2.56. The molecule has 0 aliphatic heterocycles. The van der Waals surface area contributed by atoms with E-state index >= 15 is 0 Å². The Morgan fingerprint density at radius 1 is 1.56 bits per heavy atom. The van der Waals surface area contributed by atoms with Gasteiger partial charge in [0, 0.05) is 12.7 Å². The summed E-state index contributed by atoms with van der Waals surface area (Å²) < 4.78 is 0. The number of carbonyl (C=O) groups is 2. The molecule has 0 fully saturated rings. The maximum atomic E-state index is 10.7. The number of hydrogen-bond acceptors (Lipinski definition) is 4. The molecule has 0 bridgehead atoms. The van der Waals surface area contributed by atoms with E-state index in [1.165, 1.54) is 12.3 Å². The molecule has 1 amide bonds. The lowest BCUT2D eigenvalue weighted by molar-refractivity contribution is -0.119. The van der Waals surface area contributed by atoms with Gasteiger partial charge in [0.15, 0.2) is 0 Å². The standard InChI is InChI=1S/C10H13N3O3/c1-6(9(11)14)12-5-8-3-2-7(4-13-8)10(15)16/h2-4,6,12H,5H2,1H3,(H2,11,14)(H,15,16). The Morgan fingerprint density at radius 2 is 2.25 bits per heavy atom. The molecule has 0 saturated heterocycles. The zero-order valence-corrected chi connectivity index (χ0v) is 8.80. The molecule has 0 spiro atoms. The van der Waals surface area contributed by atoms with Crippen LogP contribution in [0.25, 0.3) is 0 Å². The fourth-order valence-corrected chi connectivity index (χ4v) is 1.01. The SMILES string of the molecule is CC(NCc1ccc(C(=O)O)cn1)C(N)=O. The number of carboxylic acid groups (broad SMARTS) is 1. The van der Waals surface area contributed by atoms with Gasteiger partial charge in [-0.1, -0.05) is 0 Å². The van der Waals surface area contributed by atoms with Gasteiger partial charge < -0.3 is 16.2 Å². The lowest BCUT2D eigenvalue weighted by atomic mass is 10.2. The molecule has 1 aromatic heterocycles. The molecule has 0 aliphatic carbocycles. The minimum atomic E-state index is -1.02. The van der Waals surface area contributed by atoms with Crippen LogP contribution in [0.15, 0.2) is 18.3 Å². The molecular weight excluding hydrogens is 210 g/mol. The number of carbonyl (C=O) groups excluding carboxylic acids is 1. The molecule has 86 valence electrons. The average Bonchev–Trinajstić information content (AvgIpc) is 2.26. The fourth-order valence-electron chi connectivity index (χ4n) is 1.01. The van der Waals surface area contributed by atoms with Crippen molar-refractivity contribution in [1.29, 1.82) is 0 Å². The van der Waals surface area contributed by atoms with Crippen molar-refractivity contribution in [1.82, 2.24) is 10.3 Å². The fraction of sp³-hybridized carbons (Fsp3) is 0.300. The van der Waals surface area contributed by atoms with Gasteiger partial charge in [0.05, 0.1) is 17.3 Å². The molecule has 1 rings (SSSR count). The normalized spacial score (nSPS) is 12.1. The van der Waals surface area contributed by atoms with Crippen LogP contribution in [0.4, 0.5) is 0 Å². The second kappa shape index (κ2) is 5.22. The highest BCUT2D eigenvalue weighted by Gasteiger charge is 2.08. The molecule has 1 aromatic rings. The van der Waals surface area contributed by atoms with Crippen molar-refractivity contribution < 1.29 is 14.7 Å². The van der Waals surface area contributed by atoms with Crippen LogP contribution in [0.5, 0.6) is 0 Å². The maximum Gasteiger partial charge on any atom is 0.337 e. The van der Waals surface area contributed by atoms with Crippen LogP contribution in [0, 0.1) is 0 Å². The average molecular weight is 223 g/mol. The van der Waals surface area contributed by atoms with Crippen molar-refractivity contribution in [2.45, 2.75) is 19.5 Å². The summed E-state index contributed by atoms with van der Waals surface area (Å²) in [4.78, 5) is 25.2. The summed E-state index contributed by atoms with van der Waals surface area (Å²) in [5.41, 5.74) is 5.85. The Bertz CT molecular complexity index is 389. The maximum absolute atomic E-state index is 10.7. The zero-order valence-electron chi connectivity index (χ0n) is 8.80. The van der Waals surface area contributed by atoms with Crippen LogP contribution in [0.1, 0.15) is 23.0 Å². The van der Waals surface area contributed by atoms with Crippen molar-refractivity contribution in [2.24, 2.45) is 5.73 Å². The number of hydrogen-bond donors (Lipinski definition) is 3. The highest BCUT2D eigenvalue weighted by molar-refractivity contribution is 5.87. The number of aromatic carboxylic acids is 1. The Morgan fingerprint density at radius 3 is 2.69 bits per heavy atom. The van der Waals surface area contributed by atoms with Crippen LogP contribution in [-0.4, -0.2) is 28.0 Å². The number of primary amides is 1. The van der Waals surface area contributed by atoms with E-state index in [0.717, 1.165) is 0 Å². The second-order valence-electron chi connectivity index (χ2n) is 3.35. The van der Waals surface area contributed by atoms with Gasteiger partial charge in [-0.15, -0.1) is 0 Å². The van der Waals surface area contributed by atoms with Crippen molar-refractivity contribution in [3.05, 3.63) is 29.6 Å². The summed E-state index contributed by atoms with van der Waals surface area (Å²) in [6, 6.07) is 2.60. The van der Waals surface area contributed by atoms with Crippen LogP contribution in [0.3, 0.4) is 0 Å². The number of aromatic nitrogens is 1. The molecule has 6 heteroatoms. The summed E-state index contributed by atoms with van der Waals surface area (Å²) in [5.74, 6) is -1.46. The molecule has 4 N–H and O–H groups in total. The Labute approximate surface area is 92.5 Å². The summed E-state index contributed by atoms with van der Waals surface area (Å²) >= 11 is 0. The molecule has 16 heavy (non-hydrogen) atoms. The van der Waals surface area contributed by atoms with Gasteiger partial charge in [-0.05, 0) is 19.1 Å². The van der Waals surface area contributed by atoms with Crippen molar-refractivity contribution >= 4 is 11.9 Å². The van der Waals surface area contributed by atoms with E-state index in [1.807, 2.05) is 0 Å². The van der Waals surface area contributed by atoms with E-state index in [2.05, 4.69) is 10.3 Å². The Hall–Kier alpha value is -1.95. The number of nitrogens with zero attached hydrogens (tertiary/aromatic N) is 1. The van der Waals surface area contributed by atoms with Crippen molar-refractivity contribution in [2.75, 3.05) is 0 Å². The second-order valence-corrected chi connectivity index (χ2v) is 3.35. The van der Waals surface area contributed by atoms with Crippen LogP contribution < -0.4 is 11.1 Å². The van der Waals surface area contributed by atoms with Crippen molar-refractivity contribution in [3.8, 4) is 0 Å². The molecular formula is C10H13N3O3. The first-order valence-corrected chi connectivity index (χ1v) is 4.71. The summed E-state index contributed by atoms with van der Waals surface area (Å²) in [5, 5.41) is 11.5. The van der Waals surface area contributed by atoms with Crippen LogP contribution in [-0.2, 0) is 11.3 Å². The van der Waals surface area contributed by atoms with E-state index < -0.39 is 17.9 Å². The zero-order chi connectivity index (χ0) is 12.1. The molecule has 6 nitrogen and oxygen atoms in total. The third-order valence-electron chi connectivity index (χ3n) is 2.09. The van der Waals surface area contributed by atoms with Gasteiger partial charge in [-0.25, -0.2) is 4.79 Å². The minimum Gasteiger partial charge on any atom is -0.478 e. The van der Waals surface area contributed by atoms with Gasteiger partial charge >= 0.3 is 5.97 Å². The lowest BCUT2D eigenvalue weighted by Gasteiger charge is -2.09. The number of carboxylic acids is 1. The number of amides is 1. The highest BCUT2D eigenvalue weighted by Crippen LogP contribution is 2.00. The smallest absolute Gasteiger partial charge is 0.337 e. The van der Waals surface area contributed by atoms with Gasteiger partial charge in [-0.3, -0.25) is 9.78 Å². The van der Waals surface area contributed by atoms with E-state index in [9.17, 15) is 9.59 Å². The van der Waals surface area contributed by atoms with Gasteiger partial charge in [0.2, 0.25) is 5.91 Å². The van der Waals surface area contributed by atoms with Crippen LogP contribution in [0.2, 0.25) is 0 Å². The van der Waals surface area contributed by atoms with E-state index in [4.69, 9.17) is 10.8 Å². The van der Waals surface area contributed by atoms with Gasteiger partial charge in [-0.2, -0.15) is 0 Å². The predicted molar refractivity (Wildman–Crippen MR) is 56.7 cm³/mol. The topological polar surface area (TPSA) is 105 Å². The molecule has 0 radical (unpaired) electrons. The predicted octanol–water partition coefficient (Wildman–Crippen LogP) is -0.257. The molecule has 1 atom stereocenters. The molecule has 1 heterocycles. The first-order chi connectivity index (χ1) is 7.50. The number of rotatable bonds is 5. The molecule has 0 aromatic carbocycles. The lowest BCUT2D eigenvalue weighted by Crippen LogP contribution is -2.38. The van der Waals surface area contributed by atoms with Crippen molar-refractivity contribution in [3.63, 3.8) is 0 Å². The summed E-state index contributed by atoms with van der Waals surface area (Å²) in [7, 11) is 0. The monoisotopic (exact) mass is 223 g/mol. The van der Waals surface area contributed by atoms with Crippen LogP contribution >= 0.6 is 0 Å².